The Kier molecular flexibility index (Phi) is 19.1. The van der Waals surface area contributed by atoms with Gasteiger partial charge in [-0.2, -0.15) is 0 Å². The van der Waals surface area contributed by atoms with Gasteiger partial charge in [0, 0.05) is 6.42 Å². The second-order valence-corrected chi connectivity index (χ2v) is 26.6. The number of hydrogen-bond acceptors (Lipinski definition) is 5. The van der Waals surface area contributed by atoms with E-state index in [0.29, 0.717) is 25.9 Å². The molecule has 0 heterocycles. The molecule has 7 heteroatoms. The van der Waals surface area contributed by atoms with E-state index in [1.54, 1.807) is 0 Å². The van der Waals surface area contributed by atoms with Crippen molar-refractivity contribution in [2.45, 2.75) is 154 Å². The Morgan fingerprint density at radius 3 is 1.39 bits per heavy atom. The summed E-state index contributed by atoms with van der Waals surface area (Å²) in [6, 6.07) is 42.9. The molecule has 4 rings (SSSR count). The first-order chi connectivity index (χ1) is 28.3. The highest BCUT2D eigenvalue weighted by Crippen LogP contribution is 2.40. The molecule has 0 fully saturated rings. The van der Waals surface area contributed by atoms with E-state index in [4.69, 9.17) is 13.6 Å². The molecule has 1 unspecified atom stereocenters. The molecule has 0 aliphatic rings. The zero-order valence-electron chi connectivity index (χ0n) is 37.5. The predicted molar refractivity (Wildman–Crippen MR) is 253 cm³/mol. The lowest BCUT2D eigenvalue weighted by Crippen LogP contribution is -2.68. The molecule has 4 aromatic carbocycles. The van der Waals surface area contributed by atoms with Crippen LogP contribution in [0, 0.1) is 0 Å². The molecule has 0 aromatic heterocycles. The van der Waals surface area contributed by atoms with E-state index in [9.17, 15) is 9.90 Å². The fraction of sp³-hybridized carbons (Fsp3) is 0.481. The molecule has 0 radical (unpaired) electrons. The molecule has 0 amide bonds. The summed E-state index contributed by atoms with van der Waals surface area (Å²) in [6.45, 7) is 18.3. The van der Waals surface area contributed by atoms with Gasteiger partial charge in [-0.25, -0.2) is 0 Å². The summed E-state index contributed by atoms with van der Waals surface area (Å²) >= 11 is 0. The zero-order valence-corrected chi connectivity index (χ0v) is 39.5. The van der Waals surface area contributed by atoms with Gasteiger partial charge in [-0.3, -0.25) is 4.79 Å². The van der Waals surface area contributed by atoms with Crippen molar-refractivity contribution in [2.75, 3.05) is 6.61 Å². The SMILES string of the molecule is CCCCCCCCC(O[Si](c1ccccc1)(c1ccccc1)C(C)(C)C)[C@H](O)/C=C/[C@H](CCCCC(=O)OCC)O[Si](c1ccccc1)(c1ccccc1)C(C)(C)C. The van der Waals surface area contributed by atoms with Crippen molar-refractivity contribution in [3.05, 3.63) is 133 Å². The average molecular weight is 835 g/mol. The lowest BCUT2D eigenvalue weighted by atomic mass is 10.0. The van der Waals surface area contributed by atoms with E-state index < -0.39 is 28.8 Å². The van der Waals surface area contributed by atoms with Crippen LogP contribution in [0.2, 0.25) is 10.1 Å². The van der Waals surface area contributed by atoms with Crippen molar-refractivity contribution < 1.29 is 23.5 Å². The van der Waals surface area contributed by atoms with Crippen molar-refractivity contribution in [3.8, 4) is 0 Å². The highest BCUT2D eigenvalue weighted by Gasteiger charge is 2.53. The molecule has 0 bridgehead atoms. The smallest absolute Gasteiger partial charge is 0.305 e. The maximum atomic E-state index is 12.5. The lowest BCUT2D eigenvalue weighted by molar-refractivity contribution is -0.143. The van der Waals surface area contributed by atoms with Gasteiger partial charge in [0.05, 0.1) is 24.9 Å². The van der Waals surface area contributed by atoms with Crippen LogP contribution in [0.15, 0.2) is 133 Å². The van der Waals surface area contributed by atoms with Crippen molar-refractivity contribution in [2.24, 2.45) is 0 Å². The second-order valence-electron chi connectivity index (χ2n) is 18.1. The maximum absolute atomic E-state index is 12.5. The van der Waals surface area contributed by atoms with Crippen LogP contribution in [-0.2, 0) is 18.4 Å². The summed E-state index contributed by atoms with van der Waals surface area (Å²) in [7, 11) is -5.91. The molecule has 59 heavy (non-hydrogen) atoms. The minimum atomic E-state index is -2.97. The molecule has 320 valence electrons. The molecule has 4 aromatic rings. The Morgan fingerprint density at radius 2 is 0.966 bits per heavy atom. The van der Waals surface area contributed by atoms with Crippen LogP contribution in [0.4, 0.5) is 0 Å². The van der Waals surface area contributed by atoms with E-state index in [0.717, 1.165) is 25.7 Å². The molecule has 0 aliphatic carbocycles. The van der Waals surface area contributed by atoms with E-state index in [-0.39, 0.29) is 22.1 Å². The number of unbranched alkanes of at least 4 members (excludes halogenated alkanes) is 6. The van der Waals surface area contributed by atoms with Crippen molar-refractivity contribution in [3.63, 3.8) is 0 Å². The number of benzene rings is 4. The summed E-state index contributed by atoms with van der Waals surface area (Å²) in [6.07, 6.45) is 12.7. The summed E-state index contributed by atoms with van der Waals surface area (Å²) < 4.78 is 20.6. The lowest BCUT2D eigenvalue weighted by Gasteiger charge is -2.46. The summed E-state index contributed by atoms with van der Waals surface area (Å²) in [5, 5.41) is 16.9. The van der Waals surface area contributed by atoms with Crippen LogP contribution in [0.1, 0.15) is 126 Å². The Bertz CT molecular complexity index is 1710. The van der Waals surface area contributed by atoms with E-state index in [1.165, 1.54) is 46.4 Å². The van der Waals surface area contributed by atoms with Crippen LogP contribution in [-0.4, -0.2) is 52.6 Å². The number of ether oxygens (including phenoxy) is 1. The molecule has 0 aliphatic heterocycles. The number of carbonyl (C=O) groups excluding carboxylic acids is 1. The molecular weight excluding hydrogens is 761 g/mol. The van der Waals surface area contributed by atoms with Gasteiger partial charge in [-0.05, 0) is 57.0 Å². The van der Waals surface area contributed by atoms with Crippen LogP contribution in [0.25, 0.3) is 0 Å². The third-order valence-electron chi connectivity index (χ3n) is 11.7. The zero-order chi connectivity index (χ0) is 42.8. The standard InChI is InChI=1S/C52H74O5Si2/c1-9-11-12-13-14-27-39-49(57-59(52(6,7)8,46-35-23-17-24-36-46)47-37-25-18-26-38-47)48(53)42-41-43(30-28-29-40-50(54)55-10-2)56-58(51(3,4)5,44-31-19-15-20-32-44)45-33-21-16-22-34-45/h15-26,31-38,41-43,48-49,53H,9-14,27-30,39-40H2,1-8H3/b42-41+/t43-,48+,49?/m0/s1. The van der Waals surface area contributed by atoms with Crippen LogP contribution >= 0.6 is 0 Å². The number of hydrogen-bond donors (Lipinski definition) is 1. The monoisotopic (exact) mass is 835 g/mol. The first-order valence-corrected chi connectivity index (χ1v) is 26.2. The van der Waals surface area contributed by atoms with Crippen LogP contribution < -0.4 is 20.7 Å². The van der Waals surface area contributed by atoms with Crippen molar-refractivity contribution >= 4 is 43.4 Å². The Balaban J connectivity index is 1.80. The van der Waals surface area contributed by atoms with Gasteiger partial charge in [0.25, 0.3) is 16.6 Å². The minimum absolute atomic E-state index is 0.166. The van der Waals surface area contributed by atoms with Gasteiger partial charge in [-0.15, -0.1) is 0 Å². The number of aliphatic hydroxyl groups excluding tert-OH is 1. The second kappa shape index (κ2) is 23.4. The van der Waals surface area contributed by atoms with E-state index >= 15 is 0 Å². The normalized spacial score (nSPS) is 14.3. The van der Waals surface area contributed by atoms with Crippen molar-refractivity contribution in [1.29, 1.82) is 0 Å². The fourth-order valence-corrected chi connectivity index (χ4v) is 18.1. The first-order valence-electron chi connectivity index (χ1n) is 22.4. The van der Waals surface area contributed by atoms with Gasteiger partial charge in [0.1, 0.15) is 0 Å². The molecule has 0 spiro atoms. The number of rotatable bonds is 24. The predicted octanol–water partition coefficient (Wildman–Crippen LogP) is 10.7. The maximum Gasteiger partial charge on any atom is 0.305 e. The third kappa shape index (κ3) is 13.0. The number of carbonyl (C=O) groups is 1. The molecular formula is C52H74O5Si2. The Labute approximate surface area is 359 Å². The number of esters is 1. The van der Waals surface area contributed by atoms with Gasteiger partial charge in [-0.1, -0.05) is 227 Å². The van der Waals surface area contributed by atoms with Gasteiger partial charge >= 0.3 is 5.97 Å². The van der Waals surface area contributed by atoms with Crippen molar-refractivity contribution in [1.82, 2.24) is 0 Å². The first kappa shape index (κ1) is 48.1. The molecule has 3 atom stereocenters. The molecule has 0 saturated carbocycles. The topological polar surface area (TPSA) is 65.0 Å². The molecule has 0 saturated heterocycles. The summed E-state index contributed by atoms with van der Waals surface area (Å²) in [4.78, 5) is 12.4. The average Bonchev–Trinajstić information content (AvgIpc) is 3.23. The Morgan fingerprint density at radius 1 is 0.559 bits per heavy atom. The molecule has 1 N–H and O–H groups in total. The van der Waals surface area contributed by atoms with Crippen LogP contribution in [0.5, 0.6) is 0 Å². The van der Waals surface area contributed by atoms with Crippen LogP contribution in [0.3, 0.4) is 0 Å². The van der Waals surface area contributed by atoms with Gasteiger partial charge < -0.3 is 18.7 Å². The highest BCUT2D eigenvalue weighted by atomic mass is 28.4. The summed E-state index contributed by atoms with van der Waals surface area (Å²) in [5.41, 5.74) is 0. The van der Waals surface area contributed by atoms with Gasteiger partial charge in [0.15, 0.2) is 0 Å². The minimum Gasteiger partial charge on any atom is -0.466 e. The van der Waals surface area contributed by atoms with Gasteiger partial charge in [0.2, 0.25) is 0 Å². The third-order valence-corrected chi connectivity index (χ3v) is 21.8. The molecule has 5 nitrogen and oxygen atoms in total. The van der Waals surface area contributed by atoms with E-state index in [2.05, 4.69) is 176 Å². The Hall–Kier alpha value is -3.60. The highest BCUT2D eigenvalue weighted by molar-refractivity contribution is 7.00. The quantitative estimate of drug-likeness (QED) is 0.0330. The summed E-state index contributed by atoms with van der Waals surface area (Å²) in [5.74, 6) is -0.166. The number of aliphatic hydroxyl groups is 1. The largest absolute Gasteiger partial charge is 0.466 e. The van der Waals surface area contributed by atoms with E-state index in [1.807, 2.05) is 13.0 Å². The fourth-order valence-electron chi connectivity index (χ4n) is 8.67.